The number of halogens is 1. The molecule has 2 aromatic carbocycles. The monoisotopic (exact) mass is 391 g/mol. The number of amides is 1. The second-order valence-electron chi connectivity index (χ2n) is 5.38. The van der Waals surface area contributed by atoms with E-state index in [4.69, 9.17) is 4.74 Å². The summed E-state index contributed by atoms with van der Waals surface area (Å²) in [4.78, 5) is 23.2. The molecule has 0 radical (unpaired) electrons. The largest absolute Gasteiger partial charge is 0.480 e. The molecule has 2 rings (SSSR count). The first kappa shape index (κ1) is 18.0. The van der Waals surface area contributed by atoms with Crippen LogP contribution in [0, 0.1) is 6.92 Å². The van der Waals surface area contributed by atoms with Crippen molar-refractivity contribution in [2.24, 2.45) is 0 Å². The fourth-order valence-corrected chi connectivity index (χ4v) is 2.53. The Morgan fingerprint density at radius 3 is 2.50 bits per heavy atom. The summed E-state index contributed by atoms with van der Waals surface area (Å²) in [5.74, 6) is -1.11. The summed E-state index contributed by atoms with van der Waals surface area (Å²) in [5.41, 5.74) is 2.70. The minimum Gasteiger partial charge on any atom is -0.480 e. The van der Waals surface area contributed by atoms with Crippen molar-refractivity contribution in [3.63, 3.8) is 0 Å². The minimum absolute atomic E-state index is 0.0924. The number of hydrogen-bond acceptors (Lipinski definition) is 3. The second-order valence-corrected chi connectivity index (χ2v) is 6.24. The van der Waals surface area contributed by atoms with E-state index in [1.165, 1.54) is 0 Å². The molecule has 0 aromatic heterocycles. The highest BCUT2D eigenvalue weighted by Gasteiger charge is 2.21. The number of carbonyl (C=O) groups is 2. The molecule has 5 nitrogen and oxygen atoms in total. The highest BCUT2D eigenvalue weighted by Crippen LogP contribution is 2.18. The Hall–Kier alpha value is -2.34. The maximum atomic E-state index is 11.8. The van der Waals surface area contributed by atoms with Gasteiger partial charge >= 0.3 is 12.1 Å². The Bertz CT molecular complexity index is 718. The zero-order valence-corrected chi connectivity index (χ0v) is 14.7. The van der Waals surface area contributed by atoms with Crippen LogP contribution in [-0.2, 0) is 22.6 Å². The normalized spacial score (nSPS) is 11.6. The molecule has 1 amide bonds. The van der Waals surface area contributed by atoms with E-state index in [9.17, 15) is 14.7 Å². The van der Waals surface area contributed by atoms with Gasteiger partial charge in [-0.1, -0.05) is 58.4 Å². The smallest absolute Gasteiger partial charge is 0.408 e. The molecule has 0 saturated carbocycles. The molecule has 0 aliphatic heterocycles. The van der Waals surface area contributed by atoms with Gasteiger partial charge in [0.05, 0.1) is 0 Å². The molecule has 0 aliphatic carbocycles. The van der Waals surface area contributed by atoms with E-state index < -0.39 is 18.1 Å². The predicted octanol–water partition coefficient (Wildman–Crippen LogP) is 3.68. The van der Waals surface area contributed by atoms with Gasteiger partial charge in [-0.3, -0.25) is 0 Å². The van der Waals surface area contributed by atoms with Crippen molar-refractivity contribution in [1.29, 1.82) is 0 Å². The van der Waals surface area contributed by atoms with Crippen LogP contribution in [0.5, 0.6) is 0 Å². The summed E-state index contributed by atoms with van der Waals surface area (Å²) in [6, 6.07) is 13.7. The van der Waals surface area contributed by atoms with Crippen LogP contribution in [0.1, 0.15) is 16.7 Å². The van der Waals surface area contributed by atoms with Gasteiger partial charge < -0.3 is 15.2 Å². The molecule has 0 bridgehead atoms. The van der Waals surface area contributed by atoms with E-state index >= 15 is 0 Å². The van der Waals surface area contributed by atoms with Crippen LogP contribution in [0.25, 0.3) is 0 Å². The van der Waals surface area contributed by atoms with E-state index in [1.807, 2.05) is 55.5 Å². The molecule has 2 N–H and O–H groups in total. The standard InChI is InChI=1S/C18H18BrNO4/c1-12-7-8-14(9-15(12)19)10-16(17(21)22)20-18(23)24-11-13-5-3-2-4-6-13/h2-9,16H,10-11H2,1H3,(H,20,23)(H,21,22). The number of carbonyl (C=O) groups excluding carboxylic acids is 1. The fraction of sp³-hybridized carbons (Fsp3) is 0.222. The van der Waals surface area contributed by atoms with Gasteiger partial charge in [0.2, 0.25) is 0 Å². The Balaban J connectivity index is 1.93. The maximum Gasteiger partial charge on any atom is 0.408 e. The van der Waals surface area contributed by atoms with E-state index in [0.717, 1.165) is 21.2 Å². The van der Waals surface area contributed by atoms with Crippen LogP contribution in [0.4, 0.5) is 4.79 Å². The Morgan fingerprint density at radius 1 is 1.17 bits per heavy atom. The SMILES string of the molecule is Cc1ccc(CC(NC(=O)OCc2ccccc2)C(=O)O)cc1Br. The highest BCUT2D eigenvalue weighted by molar-refractivity contribution is 9.10. The van der Waals surface area contributed by atoms with E-state index in [0.29, 0.717) is 0 Å². The molecule has 0 aliphatic rings. The number of aryl methyl sites for hydroxylation is 1. The zero-order valence-electron chi connectivity index (χ0n) is 13.2. The van der Waals surface area contributed by atoms with Gasteiger partial charge in [-0.25, -0.2) is 9.59 Å². The van der Waals surface area contributed by atoms with Crippen molar-refractivity contribution in [1.82, 2.24) is 5.32 Å². The lowest BCUT2D eigenvalue weighted by molar-refractivity contribution is -0.139. The zero-order chi connectivity index (χ0) is 17.5. The summed E-state index contributed by atoms with van der Waals surface area (Å²) in [5, 5.41) is 11.7. The van der Waals surface area contributed by atoms with Crippen molar-refractivity contribution in [2.45, 2.75) is 26.0 Å². The number of benzene rings is 2. The summed E-state index contributed by atoms with van der Waals surface area (Å²) >= 11 is 3.42. The topological polar surface area (TPSA) is 75.6 Å². The predicted molar refractivity (Wildman–Crippen MR) is 93.8 cm³/mol. The van der Waals surface area contributed by atoms with Gasteiger partial charge in [-0.15, -0.1) is 0 Å². The fourth-order valence-electron chi connectivity index (χ4n) is 2.11. The molecule has 1 unspecified atom stereocenters. The van der Waals surface area contributed by atoms with E-state index in [2.05, 4.69) is 21.2 Å². The molecule has 6 heteroatoms. The Morgan fingerprint density at radius 2 is 1.88 bits per heavy atom. The van der Waals surface area contributed by atoms with Crippen molar-refractivity contribution in [3.8, 4) is 0 Å². The molecule has 0 saturated heterocycles. The summed E-state index contributed by atoms with van der Waals surface area (Å²) < 4.78 is 5.97. The number of alkyl carbamates (subject to hydrolysis) is 1. The first-order valence-electron chi connectivity index (χ1n) is 7.41. The number of rotatable bonds is 6. The van der Waals surface area contributed by atoms with Crippen molar-refractivity contribution in [3.05, 3.63) is 69.7 Å². The van der Waals surface area contributed by atoms with Crippen molar-refractivity contribution >= 4 is 28.0 Å². The van der Waals surface area contributed by atoms with Crippen molar-refractivity contribution < 1.29 is 19.4 Å². The van der Waals surface area contributed by atoms with Crippen molar-refractivity contribution in [2.75, 3.05) is 0 Å². The summed E-state index contributed by atoms with van der Waals surface area (Å²) in [6.45, 7) is 2.04. The number of hydrogen-bond donors (Lipinski definition) is 2. The lowest BCUT2D eigenvalue weighted by Crippen LogP contribution is -2.42. The van der Waals surface area contributed by atoms with Gasteiger partial charge in [0.1, 0.15) is 12.6 Å². The van der Waals surface area contributed by atoms with Crippen LogP contribution < -0.4 is 5.32 Å². The number of ether oxygens (including phenoxy) is 1. The van der Waals surface area contributed by atoms with E-state index in [1.54, 1.807) is 0 Å². The summed E-state index contributed by atoms with van der Waals surface area (Å²) in [6.07, 6.45) is -0.577. The van der Waals surface area contributed by atoms with Gasteiger partial charge in [-0.05, 0) is 29.7 Å². The lowest BCUT2D eigenvalue weighted by atomic mass is 10.0. The average molecular weight is 392 g/mol. The van der Waals surface area contributed by atoms with Crippen LogP contribution in [0.3, 0.4) is 0 Å². The highest BCUT2D eigenvalue weighted by atomic mass is 79.9. The number of carboxylic acid groups (broad SMARTS) is 1. The van der Waals surface area contributed by atoms with Gasteiger partial charge in [0.15, 0.2) is 0 Å². The van der Waals surface area contributed by atoms with Gasteiger partial charge in [0.25, 0.3) is 0 Å². The molecular weight excluding hydrogens is 374 g/mol. The van der Waals surface area contributed by atoms with Crippen LogP contribution in [-0.4, -0.2) is 23.2 Å². The minimum atomic E-state index is -1.11. The van der Waals surface area contributed by atoms with Gasteiger partial charge in [-0.2, -0.15) is 0 Å². The molecule has 24 heavy (non-hydrogen) atoms. The number of aliphatic carboxylic acids is 1. The van der Waals surface area contributed by atoms with E-state index in [-0.39, 0.29) is 13.0 Å². The summed E-state index contributed by atoms with van der Waals surface area (Å²) in [7, 11) is 0. The van der Waals surface area contributed by atoms with Crippen LogP contribution >= 0.6 is 15.9 Å². The molecule has 0 spiro atoms. The molecular formula is C18H18BrNO4. The Kier molecular flexibility index (Phi) is 6.37. The third-order valence-corrected chi connectivity index (χ3v) is 4.33. The first-order valence-corrected chi connectivity index (χ1v) is 8.20. The molecule has 2 aromatic rings. The Labute approximate surface area is 148 Å². The average Bonchev–Trinajstić information content (AvgIpc) is 2.56. The number of carboxylic acids is 1. The third-order valence-electron chi connectivity index (χ3n) is 3.48. The first-order chi connectivity index (χ1) is 11.5. The lowest BCUT2D eigenvalue weighted by Gasteiger charge is -2.15. The molecule has 0 heterocycles. The van der Waals surface area contributed by atoms with Crippen LogP contribution in [0.2, 0.25) is 0 Å². The van der Waals surface area contributed by atoms with Gasteiger partial charge in [0, 0.05) is 10.9 Å². The third kappa shape index (κ3) is 5.38. The molecule has 126 valence electrons. The van der Waals surface area contributed by atoms with Crippen LogP contribution in [0.15, 0.2) is 53.0 Å². The maximum absolute atomic E-state index is 11.8. The number of nitrogens with one attached hydrogen (secondary N) is 1. The second kappa shape index (κ2) is 8.49. The molecule has 1 atom stereocenters. The molecule has 0 fully saturated rings. The quantitative estimate of drug-likeness (QED) is 0.787.